The van der Waals surface area contributed by atoms with Crippen molar-refractivity contribution in [2.45, 2.75) is 24.8 Å². The topological polar surface area (TPSA) is 102 Å². The molecule has 1 N–H and O–H groups in total. The van der Waals surface area contributed by atoms with E-state index in [2.05, 4.69) is 10.1 Å². The highest BCUT2D eigenvalue weighted by Crippen LogP contribution is 2.29. The molecule has 1 saturated heterocycles. The van der Waals surface area contributed by atoms with E-state index in [-0.39, 0.29) is 12.8 Å². The summed E-state index contributed by atoms with van der Waals surface area (Å²) < 4.78 is 4.66. The molecule has 150 valence electrons. The van der Waals surface area contributed by atoms with E-state index < -0.39 is 35.8 Å². The molecule has 8 nitrogen and oxygen atoms in total. The summed E-state index contributed by atoms with van der Waals surface area (Å²) in [5.74, 6) is -2.79. The van der Waals surface area contributed by atoms with Crippen LogP contribution in [0.2, 0.25) is 0 Å². The molecule has 1 aliphatic heterocycles. The van der Waals surface area contributed by atoms with E-state index in [1.54, 1.807) is 24.3 Å². The lowest BCUT2D eigenvalue weighted by molar-refractivity contribution is -0.199. The Bertz CT molecular complexity index is 844. The predicted octanol–water partition coefficient (Wildman–Crippen LogP) is 2.15. The molecule has 0 spiro atoms. The third kappa shape index (κ3) is 4.60. The number of rotatable bonds is 6. The van der Waals surface area contributed by atoms with Gasteiger partial charge < -0.3 is 14.9 Å². The summed E-state index contributed by atoms with van der Waals surface area (Å²) >= 11 is 0. The van der Waals surface area contributed by atoms with Crippen molar-refractivity contribution in [1.82, 2.24) is 10.4 Å². The van der Waals surface area contributed by atoms with Gasteiger partial charge in [-0.3, -0.25) is 9.59 Å². The summed E-state index contributed by atoms with van der Waals surface area (Å²) in [6.45, 7) is 0. The quantitative estimate of drug-likeness (QED) is 0.751. The largest absolute Gasteiger partial charge is 0.453 e. The van der Waals surface area contributed by atoms with Gasteiger partial charge in [-0.2, -0.15) is 0 Å². The number of nitrogens with zero attached hydrogens (tertiary/aromatic N) is 1. The Labute approximate surface area is 167 Å². The smallest absolute Gasteiger partial charge is 0.407 e. The molecule has 0 radical (unpaired) electrons. The molecule has 0 unspecified atom stereocenters. The molecule has 1 atom stereocenters. The van der Waals surface area contributed by atoms with Gasteiger partial charge in [0.2, 0.25) is 0 Å². The zero-order chi connectivity index (χ0) is 20.8. The predicted molar refractivity (Wildman–Crippen MR) is 101 cm³/mol. The van der Waals surface area contributed by atoms with Crippen molar-refractivity contribution in [3.05, 3.63) is 71.8 Å². The zero-order valence-corrected chi connectivity index (χ0v) is 15.7. The van der Waals surface area contributed by atoms with Crippen LogP contribution in [-0.2, 0) is 24.0 Å². The van der Waals surface area contributed by atoms with Crippen LogP contribution in [0.4, 0.5) is 4.79 Å². The first-order valence-corrected chi connectivity index (χ1v) is 9.03. The zero-order valence-electron chi connectivity index (χ0n) is 15.7. The number of hydrogen-bond acceptors (Lipinski definition) is 6. The Morgan fingerprint density at radius 1 is 0.897 bits per heavy atom. The van der Waals surface area contributed by atoms with Crippen LogP contribution in [0.5, 0.6) is 0 Å². The van der Waals surface area contributed by atoms with Crippen LogP contribution in [0.15, 0.2) is 60.7 Å². The standard InChI is InChI=1S/C21H20N2O6/c1-28-21(27)22-19(20(26)29-23-16(24)12-13-17(23)25)18(14-8-4-2-5-9-14)15-10-6-3-7-11-15/h2-11,18-19H,12-13H2,1H3,(H,22,27)/t19-/m0/s1. The first-order chi connectivity index (χ1) is 14.0. The molecule has 29 heavy (non-hydrogen) atoms. The van der Waals surface area contributed by atoms with Crippen molar-refractivity contribution >= 4 is 23.9 Å². The van der Waals surface area contributed by atoms with Crippen molar-refractivity contribution in [1.29, 1.82) is 0 Å². The van der Waals surface area contributed by atoms with Gasteiger partial charge in [0.15, 0.2) is 0 Å². The second-order valence-electron chi connectivity index (χ2n) is 6.40. The van der Waals surface area contributed by atoms with Gasteiger partial charge in [0.1, 0.15) is 6.04 Å². The molecule has 2 aromatic carbocycles. The number of carbonyl (C=O) groups excluding carboxylic acids is 4. The lowest BCUT2D eigenvalue weighted by Crippen LogP contribution is -2.48. The van der Waals surface area contributed by atoms with Gasteiger partial charge in [0, 0.05) is 18.8 Å². The number of hydrogen-bond donors (Lipinski definition) is 1. The Morgan fingerprint density at radius 2 is 1.38 bits per heavy atom. The fraction of sp³-hybridized carbons (Fsp3) is 0.238. The molecule has 2 aromatic rings. The van der Waals surface area contributed by atoms with Crippen LogP contribution in [0.1, 0.15) is 29.9 Å². The van der Waals surface area contributed by atoms with E-state index in [4.69, 9.17) is 4.84 Å². The lowest BCUT2D eigenvalue weighted by atomic mass is 9.85. The molecular weight excluding hydrogens is 376 g/mol. The first-order valence-electron chi connectivity index (χ1n) is 9.03. The average Bonchev–Trinajstić information content (AvgIpc) is 3.06. The molecule has 3 rings (SSSR count). The summed E-state index contributed by atoms with van der Waals surface area (Å²) in [6, 6.07) is 16.9. The number of imide groups is 1. The molecule has 1 fully saturated rings. The van der Waals surface area contributed by atoms with E-state index in [1.165, 1.54) is 7.11 Å². The SMILES string of the molecule is COC(=O)N[C@H](C(=O)ON1C(=O)CCC1=O)C(c1ccccc1)c1ccccc1. The highest BCUT2D eigenvalue weighted by Gasteiger charge is 2.39. The van der Waals surface area contributed by atoms with E-state index in [1.807, 2.05) is 36.4 Å². The number of alkyl carbamates (subject to hydrolysis) is 1. The van der Waals surface area contributed by atoms with Crippen LogP contribution in [-0.4, -0.2) is 42.1 Å². The number of methoxy groups -OCH3 is 1. The molecule has 0 aromatic heterocycles. The van der Waals surface area contributed by atoms with Gasteiger partial charge in [-0.25, -0.2) is 9.59 Å². The van der Waals surface area contributed by atoms with Crippen molar-refractivity contribution < 1.29 is 28.8 Å². The van der Waals surface area contributed by atoms with Gasteiger partial charge in [-0.15, -0.1) is 5.06 Å². The van der Waals surface area contributed by atoms with Gasteiger partial charge in [-0.05, 0) is 11.1 Å². The van der Waals surface area contributed by atoms with E-state index >= 15 is 0 Å². The Balaban J connectivity index is 1.99. The van der Waals surface area contributed by atoms with Gasteiger partial charge in [0.25, 0.3) is 11.8 Å². The van der Waals surface area contributed by atoms with E-state index in [9.17, 15) is 19.2 Å². The summed E-state index contributed by atoms with van der Waals surface area (Å²) in [4.78, 5) is 53.7. The fourth-order valence-corrected chi connectivity index (χ4v) is 3.17. The summed E-state index contributed by atoms with van der Waals surface area (Å²) in [5.41, 5.74) is 1.47. The van der Waals surface area contributed by atoms with Crippen molar-refractivity contribution in [2.24, 2.45) is 0 Å². The maximum Gasteiger partial charge on any atom is 0.407 e. The summed E-state index contributed by atoms with van der Waals surface area (Å²) in [6.07, 6.45) is -0.896. The Hall–Kier alpha value is -3.68. The second kappa shape index (κ2) is 9.01. The highest BCUT2D eigenvalue weighted by atomic mass is 16.7. The monoisotopic (exact) mass is 396 g/mol. The molecule has 0 saturated carbocycles. The van der Waals surface area contributed by atoms with Crippen LogP contribution >= 0.6 is 0 Å². The molecule has 0 aliphatic carbocycles. The minimum absolute atomic E-state index is 0.0258. The average molecular weight is 396 g/mol. The molecule has 0 bridgehead atoms. The third-order valence-corrected chi connectivity index (χ3v) is 4.55. The lowest BCUT2D eigenvalue weighted by Gasteiger charge is -2.27. The Morgan fingerprint density at radius 3 is 1.83 bits per heavy atom. The van der Waals surface area contributed by atoms with E-state index in [0.717, 1.165) is 11.1 Å². The van der Waals surface area contributed by atoms with Gasteiger partial charge >= 0.3 is 12.1 Å². The van der Waals surface area contributed by atoms with Crippen LogP contribution < -0.4 is 5.32 Å². The highest BCUT2D eigenvalue weighted by molar-refractivity contribution is 6.02. The molecule has 3 amide bonds. The first kappa shape index (κ1) is 20.1. The molecule has 1 heterocycles. The molecular formula is C21H20N2O6. The van der Waals surface area contributed by atoms with Crippen LogP contribution in [0.25, 0.3) is 0 Å². The number of ether oxygens (including phenoxy) is 1. The van der Waals surface area contributed by atoms with Crippen molar-refractivity contribution in [2.75, 3.05) is 7.11 Å². The van der Waals surface area contributed by atoms with Crippen LogP contribution in [0, 0.1) is 0 Å². The normalized spacial score (nSPS) is 14.6. The number of benzene rings is 2. The van der Waals surface area contributed by atoms with E-state index in [0.29, 0.717) is 5.06 Å². The Kier molecular flexibility index (Phi) is 6.23. The molecule has 1 aliphatic rings. The number of amides is 3. The van der Waals surface area contributed by atoms with Crippen molar-refractivity contribution in [3.63, 3.8) is 0 Å². The van der Waals surface area contributed by atoms with Gasteiger partial charge in [0.05, 0.1) is 7.11 Å². The number of nitrogens with one attached hydrogen (secondary N) is 1. The minimum Gasteiger partial charge on any atom is -0.453 e. The minimum atomic E-state index is -1.24. The summed E-state index contributed by atoms with van der Waals surface area (Å²) in [5, 5.41) is 2.94. The van der Waals surface area contributed by atoms with Crippen molar-refractivity contribution in [3.8, 4) is 0 Å². The summed E-state index contributed by atoms with van der Waals surface area (Å²) in [7, 11) is 1.17. The number of carbonyl (C=O) groups is 4. The third-order valence-electron chi connectivity index (χ3n) is 4.55. The van der Waals surface area contributed by atoms with Crippen LogP contribution in [0.3, 0.4) is 0 Å². The maximum atomic E-state index is 13.0. The number of hydroxylamine groups is 2. The fourth-order valence-electron chi connectivity index (χ4n) is 3.17. The van der Waals surface area contributed by atoms with Gasteiger partial charge in [-0.1, -0.05) is 60.7 Å². The molecule has 8 heteroatoms. The second-order valence-corrected chi connectivity index (χ2v) is 6.40. The maximum absolute atomic E-state index is 13.0.